The molecule has 0 saturated carbocycles. The number of nitro benzene ring substituents is 1. The van der Waals surface area contributed by atoms with Gasteiger partial charge in [0.15, 0.2) is 0 Å². The number of aryl methyl sites for hydroxylation is 1. The molecule has 1 saturated heterocycles. The number of imidazole rings is 1. The first-order chi connectivity index (χ1) is 19.9. The number of rotatable bonds is 8. The maximum absolute atomic E-state index is 13.3. The summed E-state index contributed by atoms with van der Waals surface area (Å²) in [7, 11) is 0. The third-order valence-corrected chi connectivity index (χ3v) is 7.41. The Labute approximate surface area is 236 Å². The summed E-state index contributed by atoms with van der Waals surface area (Å²) in [6, 6.07) is 19.7. The minimum atomic E-state index is -0.472. The molecule has 3 heterocycles. The molecular weight excluding hydrogens is 520 g/mol. The Morgan fingerprint density at radius 2 is 1.85 bits per heavy atom. The first-order valence-electron chi connectivity index (χ1n) is 13.5. The van der Waals surface area contributed by atoms with Crippen molar-refractivity contribution in [1.82, 2.24) is 14.9 Å². The summed E-state index contributed by atoms with van der Waals surface area (Å²) >= 11 is 0. The van der Waals surface area contributed by atoms with Crippen molar-refractivity contribution in [3.63, 3.8) is 0 Å². The van der Waals surface area contributed by atoms with Gasteiger partial charge < -0.3 is 20.5 Å². The molecule has 0 bridgehead atoms. The molecule has 0 unspecified atom stereocenters. The van der Waals surface area contributed by atoms with E-state index in [0.717, 1.165) is 53.3 Å². The van der Waals surface area contributed by atoms with E-state index in [4.69, 9.17) is 0 Å². The monoisotopic (exact) mass is 548 g/mol. The summed E-state index contributed by atoms with van der Waals surface area (Å²) in [6.45, 7) is 3.32. The number of hydrogen-bond acceptors (Lipinski definition) is 6. The van der Waals surface area contributed by atoms with Gasteiger partial charge in [0.05, 0.1) is 21.9 Å². The number of carbonyl (C=O) groups excluding carboxylic acids is 2. The molecule has 206 valence electrons. The van der Waals surface area contributed by atoms with Crippen molar-refractivity contribution in [1.29, 1.82) is 0 Å². The number of benzene rings is 3. The maximum atomic E-state index is 13.3. The molecule has 2 aliphatic rings. The van der Waals surface area contributed by atoms with Crippen LogP contribution >= 0.6 is 0 Å². The number of nitrogens with one attached hydrogen (secondary N) is 3. The van der Waals surface area contributed by atoms with Crippen LogP contribution in [0.4, 0.5) is 17.1 Å². The Balaban J connectivity index is 1.38. The lowest BCUT2D eigenvalue weighted by Gasteiger charge is -2.18. The zero-order valence-corrected chi connectivity index (χ0v) is 22.4. The molecule has 41 heavy (non-hydrogen) atoms. The van der Waals surface area contributed by atoms with Crippen molar-refractivity contribution in [3.05, 3.63) is 106 Å². The molecule has 0 spiro atoms. The second kappa shape index (κ2) is 10.7. The molecule has 3 aromatic carbocycles. The molecule has 10 heteroatoms. The zero-order valence-electron chi connectivity index (χ0n) is 22.4. The van der Waals surface area contributed by atoms with Gasteiger partial charge in [-0.05, 0) is 35.7 Å². The van der Waals surface area contributed by atoms with E-state index < -0.39 is 4.92 Å². The van der Waals surface area contributed by atoms with Crippen LogP contribution in [-0.4, -0.2) is 38.2 Å². The van der Waals surface area contributed by atoms with Gasteiger partial charge in [-0.1, -0.05) is 43.3 Å². The quantitative estimate of drug-likeness (QED) is 0.149. The molecule has 1 fully saturated rings. The molecule has 2 amide bonds. The number of anilines is 2. The first kappa shape index (κ1) is 26.0. The van der Waals surface area contributed by atoms with Gasteiger partial charge in [-0.3, -0.25) is 19.7 Å². The van der Waals surface area contributed by atoms with Gasteiger partial charge >= 0.3 is 0 Å². The Kier molecular flexibility index (Phi) is 6.80. The summed E-state index contributed by atoms with van der Waals surface area (Å²) < 4.78 is 0. The fourth-order valence-electron chi connectivity index (χ4n) is 5.22. The van der Waals surface area contributed by atoms with Crippen LogP contribution in [0, 0.1) is 10.1 Å². The van der Waals surface area contributed by atoms with Crippen molar-refractivity contribution in [3.8, 4) is 11.3 Å². The summed E-state index contributed by atoms with van der Waals surface area (Å²) in [5, 5.41) is 17.8. The van der Waals surface area contributed by atoms with Crippen molar-refractivity contribution >= 4 is 40.1 Å². The summed E-state index contributed by atoms with van der Waals surface area (Å²) in [4.78, 5) is 46.0. The lowest BCUT2D eigenvalue weighted by Crippen LogP contribution is -2.23. The van der Waals surface area contributed by atoms with E-state index >= 15 is 0 Å². The van der Waals surface area contributed by atoms with Gasteiger partial charge in [-0.2, -0.15) is 0 Å². The highest BCUT2D eigenvalue weighted by atomic mass is 16.6. The van der Waals surface area contributed by atoms with Crippen LogP contribution in [-0.2, 0) is 22.6 Å². The zero-order chi connectivity index (χ0) is 28.5. The number of aromatic amines is 1. The normalized spacial score (nSPS) is 15.6. The third kappa shape index (κ3) is 5.19. The number of H-pyrrole nitrogens is 1. The van der Waals surface area contributed by atoms with E-state index in [1.807, 2.05) is 66.6 Å². The SMILES string of the molecule is CCc1nc(-c2ccc(N/C(=C3\C(=O)Nc4ccc([N+](=O)[O-])cc43)c3ccc(CN4CCCC4=O)cc3)cc2)c[nH]1. The number of likely N-dealkylation sites (tertiary alicyclic amines) is 1. The fraction of sp³-hybridized carbons (Fsp3) is 0.194. The lowest BCUT2D eigenvalue weighted by atomic mass is 9.98. The van der Waals surface area contributed by atoms with Crippen LogP contribution in [0.1, 0.15) is 42.3 Å². The number of nitrogens with zero attached hydrogens (tertiary/aromatic N) is 3. The predicted molar refractivity (Wildman–Crippen MR) is 157 cm³/mol. The molecule has 4 aromatic rings. The van der Waals surface area contributed by atoms with Crippen molar-refractivity contribution in [2.75, 3.05) is 17.2 Å². The number of carbonyl (C=O) groups is 2. The first-order valence-corrected chi connectivity index (χ1v) is 13.5. The van der Waals surface area contributed by atoms with Gasteiger partial charge in [-0.25, -0.2) is 4.98 Å². The van der Waals surface area contributed by atoms with Gasteiger partial charge in [0.1, 0.15) is 5.82 Å². The Hall–Kier alpha value is -5.25. The number of nitro groups is 1. The highest BCUT2D eigenvalue weighted by molar-refractivity contribution is 6.37. The Morgan fingerprint density at radius 1 is 1.07 bits per heavy atom. The minimum absolute atomic E-state index is 0.0995. The molecule has 2 aliphatic heterocycles. The Bertz CT molecular complexity index is 1690. The van der Waals surface area contributed by atoms with E-state index in [2.05, 4.69) is 20.6 Å². The van der Waals surface area contributed by atoms with Crippen molar-refractivity contribution in [2.45, 2.75) is 32.7 Å². The highest BCUT2D eigenvalue weighted by Gasteiger charge is 2.30. The number of aromatic nitrogens is 2. The summed E-state index contributed by atoms with van der Waals surface area (Å²) in [5.74, 6) is 0.713. The van der Waals surface area contributed by atoms with Gasteiger partial charge in [0, 0.05) is 66.8 Å². The minimum Gasteiger partial charge on any atom is -0.354 e. The van der Waals surface area contributed by atoms with Gasteiger partial charge in [-0.15, -0.1) is 0 Å². The molecule has 0 radical (unpaired) electrons. The van der Waals surface area contributed by atoms with E-state index in [9.17, 15) is 19.7 Å². The molecule has 0 atom stereocenters. The largest absolute Gasteiger partial charge is 0.354 e. The van der Waals surface area contributed by atoms with Crippen LogP contribution in [0.25, 0.3) is 22.5 Å². The molecule has 3 N–H and O–H groups in total. The van der Waals surface area contributed by atoms with Crippen molar-refractivity contribution < 1.29 is 14.5 Å². The van der Waals surface area contributed by atoms with Crippen LogP contribution in [0.15, 0.2) is 72.9 Å². The second-order valence-corrected chi connectivity index (χ2v) is 10.1. The van der Waals surface area contributed by atoms with Crippen LogP contribution in [0.3, 0.4) is 0 Å². The standard InChI is InChI=1S/C31H28N6O4/c1-2-27-32-17-26(34-27)20-9-11-22(12-10-20)33-30(21-7-5-19(6-8-21)18-36-15-3-4-28(36)38)29-24-16-23(37(40)41)13-14-25(24)35-31(29)39/h5-14,16-17,33H,2-4,15,18H2,1H3,(H,32,34)(H,35,39)/b30-29-. The highest BCUT2D eigenvalue weighted by Crippen LogP contribution is 2.39. The van der Waals surface area contributed by atoms with Gasteiger partial charge in [0.2, 0.25) is 5.91 Å². The van der Waals surface area contributed by atoms with Crippen LogP contribution in [0.2, 0.25) is 0 Å². The van der Waals surface area contributed by atoms with Crippen LogP contribution in [0.5, 0.6) is 0 Å². The average Bonchev–Trinajstić information content (AvgIpc) is 3.70. The number of amides is 2. The topological polar surface area (TPSA) is 133 Å². The summed E-state index contributed by atoms with van der Waals surface area (Å²) in [6.07, 6.45) is 4.14. The van der Waals surface area contributed by atoms with E-state index in [1.54, 1.807) is 6.07 Å². The maximum Gasteiger partial charge on any atom is 0.270 e. The number of hydrogen-bond donors (Lipinski definition) is 3. The lowest BCUT2D eigenvalue weighted by molar-refractivity contribution is -0.384. The molecular formula is C31H28N6O4. The smallest absolute Gasteiger partial charge is 0.270 e. The molecule has 10 nitrogen and oxygen atoms in total. The van der Waals surface area contributed by atoms with Crippen molar-refractivity contribution in [2.24, 2.45) is 0 Å². The molecule has 6 rings (SSSR count). The Morgan fingerprint density at radius 3 is 2.51 bits per heavy atom. The third-order valence-electron chi connectivity index (χ3n) is 7.41. The van der Waals surface area contributed by atoms with E-state index in [0.29, 0.717) is 35.5 Å². The second-order valence-electron chi connectivity index (χ2n) is 10.1. The number of non-ortho nitro benzene ring substituents is 1. The van der Waals surface area contributed by atoms with E-state index in [1.165, 1.54) is 12.1 Å². The van der Waals surface area contributed by atoms with E-state index in [-0.39, 0.29) is 17.5 Å². The van der Waals surface area contributed by atoms with Gasteiger partial charge in [0.25, 0.3) is 11.6 Å². The molecule has 1 aromatic heterocycles. The predicted octanol–water partition coefficient (Wildman–Crippen LogP) is 5.60. The average molecular weight is 549 g/mol. The summed E-state index contributed by atoms with van der Waals surface area (Å²) in [5.41, 5.74) is 5.94. The number of fused-ring (bicyclic) bond motifs is 1. The van der Waals surface area contributed by atoms with Crippen LogP contribution < -0.4 is 10.6 Å². The fourth-order valence-corrected chi connectivity index (χ4v) is 5.22. The molecule has 0 aliphatic carbocycles.